The van der Waals surface area contributed by atoms with Crippen molar-refractivity contribution in [1.82, 2.24) is 0 Å². The first-order valence-corrected chi connectivity index (χ1v) is 8.37. The summed E-state index contributed by atoms with van der Waals surface area (Å²) in [4.78, 5) is 12.6. The summed E-state index contributed by atoms with van der Waals surface area (Å²) < 4.78 is 0. The molecule has 2 heteroatoms. The molecule has 0 spiro atoms. The van der Waals surface area contributed by atoms with Gasteiger partial charge in [-0.05, 0) is 38.3 Å². The lowest BCUT2D eigenvalue weighted by molar-refractivity contribution is -0.120. The third kappa shape index (κ3) is 3.01. The molecule has 1 atom stereocenters. The summed E-state index contributed by atoms with van der Waals surface area (Å²) in [6.07, 6.45) is 12.3. The molecular weight excluding hydrogens is 270 g/mol. The van der Waals surface area contributed by atoms with Gasteiger partial charge in [0.1, 0.15) is 0 Å². The SMILES string of the molecule is CC1=CC(C)(c2ccccc2NC(=O)C2CCCCC2)C=C1. The second-order valence-corrected chi connectivity index (χ2v) is 6.87. The van der Waals surface area contributed by atoms with E-state index in [0.29, 0.717) is 0 Å². The van der Waals surface area contributed by atoms with Crippen LogP contribution >= 0.6 is 0 Å². The van der Waals surface area contributed by atoms with Gasteiger partial charge in [-0.2, -0.15) is 0 Å². The quantitative estimate of drug-likeness (QED) is 0.837. The van der Waals surface area contributed by atoms with Crippen LogP contribution in [0.3, 0.4) is 0 Å². The molecule has 1 aromatic carbocycles. The van der Waals surface area contributed by atoms with Crippen LogP contribution in [-0.4, -0.2) is 5.91 Å². The minimum Gasteiger partial charge on any atom is -0.326 e. The number of para-hydroxylation sites is 1. The lowest BCUT2D eigenvalue weighted by Crippen LogP contribution is -2.26. The number of benzene rings is 1. The minimum absolute atomic E-state index is 0.124. The van der Waals surface area contributed by atoms with Crippen molar-refractivity contribution in [2.45, 2.75) is 51.4 Å². The number of carbonyl (C=O) groups excluding carboxylic acids is 1. The summed E-state index contributed by atoms with van der Waals surface area (Å²) in [5.74, 6) is 0.379. The Morgan fingerprint density at radius 2 is 1.91 bits per heavy atom. The van der Waals surface area contributed by atoms with Crippen molar-refractivity contribution in [3.63, 3.8) is 0 Å². The summed E-state index contributed by atoms with van der Waals surface area (Å²) in [7, 11) is 0. The van der Waals surface area contributed by atoms with Gasteiger partial charge in [0.25, 0.3) is 0 Å². The van der Waals surface area contributed by atoms with Crippen LogP contribution < -0.4 is 5.32 Å². The van der Waals surface area contributed by atoms with E-state index >= 15 is 0 Å². The van der Waals surface area contributed by atoms with Crippen molar-refractivity contribution in [2.75, 3.05) is 5.32 Å². The number of carbonyl (C=O) groups is 1. The molecule has 0 bridgehead atoms. The molecule has 3 rings (SSSR count). The normalized spacial score (nSPS) is 25.1. The Kier molecular flexibility index (Phi) is 4.19. The standard InChI is InChI=1S/C20H25NO/c1-15-12-13-20(2,14-15)17-10-6-7-11-18(17)21-19(22)16-8-4-3-5-9-16/h6-7,10-14,16H,3-5,8-9H2,1-2H3,(H,21,22). The van der Waals surface area contributed by atoms with Crippen molar-refractivity contribution in [2.24, 2.45) is 5.92 Å². The van der Waals surface area contributed by atoms with Crippen LogP contribution in [0.5, 0.6) is 0 Å². The number of nitrogens with one attached hydrogen (secondary N) is 1. The predicted molar refractivity (Wildman–Crippen MR) is 91.9 cm³/mol. The number of amides is 1. The molecule has 0 heterocycles. The molecule has 0 radical (unpaired) electrons. The fraction of sp³-hybridized carbons (Fsp3) is 0.450. The zero-order chi connectivity index (χ0) is 15.6. The van der Waals surface area contributed by atoms with Gasteiger partial charge in [-0.15, -0.1) is 0 Å². The van der Waals surface area contributed by atoms with E-state index in [1.807, 2.05) is 18.2 Å². The largest absolute Gasteiger partial charge is 0.326 e. The highest BCUT2D eigenvalue weighted by Gasteiger charge is 2.28. The molecule has 1 amide bonds. The fourth-order valence-corrected chi connectivity index (χ4v) is 3.70. The number of rotatable bonds is 3. The Morgan fingerprint density at radius 3 is 2.59 bits per heavy atom. The van der Waals surface area contributed by atoms with Gasteiger partial charge in [-0.1, -0.05) is 61.3 Å². The Labute approximate surface area is 133 Å². The van der Waals surface area contributed by atoms with Gasteiger partial charge in [0.2, 0.25) is 5.91 Å². The molecule has 1 N–H and O–H groups in total. The van der Waals surface area contributed by atoms with Gasteiger partial charge in [0.15, 0.2) is 0 Å². The zero-order valence-corrected chi connectivity index (χ0v) is 13.6. The third-order valence-corrected chi connectivity index (χ3v) is 4.96. The summed E-state index contributed by atoms with van der Waals surface area (Å²) in [5.41, 5.74) is 3.28. The Balaban J connectivity index is 1.83. The highest BCUT2D eigenvalue weighted by Crippen LogP contribution is 2.37. The summed E-state index contributed by atoms with van der Waals surface area (Å²) in [6, 6.07) is 8.19. The molecule has 1 unspecified atom stereocenters. The van der Waals surface area contributed by atoms with Crippen molar-refractivity contribution < 1.29 is 4.79 Å². The van der Waals surface area contributed by atoms with Crippen LogP contribution in [-0.2, 0) is 10.2 Å². The second kappa shape index (κ2) is 6.12. The fourth-order valence-electron chi connectivity index (χ4n) is 3.70. The van der Waals surface area contributed by atoms with Crippen LogP contribution in [0, 0.1) is 5.92 Å². The highest BCUT2D eigenvalue weighted by atomic mass is 16.1. The minimum atomic E-state index is -0.124. The average molecular weight is 295 g/mol. The summed E-state index contributed by atoms with van der Waals surface area (Å²) in [5, 5.41) is 3.20. The lowest BCUT2D eigenvalue weighted by atomic mass is 9.82. The molecule has 2 aliphatic carbocycles. The van der Waals surface area contributed by atoms with E-state index in [1.54, 1.807) is 0 Å². The van der Waals surface area contributed by atoms with E-state index < -0.39 is 0 Å². The average Bonchev–Trinajstić information content (AvgIpc) is 2.89. The van der Waals surface area contributed by atoms with Gasteiger partial charge in [-0.25, -0.2) is 0 Å². The van der Waals surface area contributed by atoms with Crippen LogP contribution in [0.1, 0.15) is 51.5 Å². The van der Waals surface area contributed by atoms with Crippen LogP contribution in [0.25, 0.3) is 0 Å². The van der Waals surface area contributed by atoms with E-state index in [-0.39, 0.29) is 17.2 Å². The molecule has 1 fully saturated rings. The van der Waals surface area contributed by atoms with Crippen LogP contribution in [0.2, 0.25) is 0 Å². The van der Waals surface area contributed by atoms with Crippen molar-refractivity contribution in [3.8, 4) is 0 Å². The van der Waals surface area contributed by atoms with E-state index in [2.05, 4.69) is 43.5 Å². The molecule has 0 aliphatic heterocycles. The number of hydrogen-bond donors (Lipinski definition) is 1. The van der Waals surface area contributed by atoms with Crippen molar-refractivity contribution in [3.05, 3.63) is 53.6 Å². The maximum atomic E-state index is 12.6. The Morgan fingerprint density at radius 1 is 1.18 bits per heavy atom. The maximum Gasteiger partial charge on any atom is 0.227 e. The maximum absolute atomic E-state index is 12.6. The first-order chi connectivity index (χ1) is 10.6. The van der Waals surface area contributed by atoms with E-state index in [4.69, 9.17) is 0 Å². The lowest BCUT2D eigenvalue weighted by Gasteiger charge is -2.26. The van der Waals surface area contributed by atoms with Crippen LogP contribution in [0.4, 0.5) is 5.69 Å². The van der Waals surface area contributed by atoms with Crippen molar-refractivity contribution in [1.29, 1.82) is 0 Å². The Hall–Kier alpha value is -1.83. The van der Waals surface area contributed by atoms with Crippen molar-refractivity contribution >= 4 is 11.6 Å². The molecule has 22 heavy (non-hydrogen) atoms. The zero-order valence-electron chi connectivity index (χ0n) is 13.6. The third-order valence-electron chi connectivity index (χ3n) is 4.96. The first kappa shape index (κ1) is 15.1. The first-order valence-electron chi connectivity index (χ1n) is 8.37. The second-order valence-electron chi connectivity index (χ2n) is 6.87. The summed E-state index contributed by atoms with van der Waals surface area (Å²) >= 11 is 0. The van der Waals surface area contributed by atoms with Gasteiger partial charge >= 0.3 is 0 Å². The topological polar surface area (TPSA) is 29.1 Å². The molecule has 1 saturated carbocycles. The van der Waals surface area contributed by atoms with Gasteiger partial charge in [-0.3, -0.25) is 4.79 Å². The number of allylic oxidation sites excluding steroid dienone is 4. The van der Waals surface area contributed by atoms with Gasteiger partial charge in [0.05, 0.1) is 0 Å². The molecule has 0 aromatic heterocycles. The molecule has 2 nitrogen and oxygen atoms in total. The highest BCUT2D eigenvalue weighted by molar-refractivity contribution is 5.93. The molecule has 116 valence electrons. The smallest absolute Gasteiger partial charge is 0.227 e. The number of hydrogen-bond acceptors (Lipinski definition) is 1. The molecule has 2 aliphatic rings. The van der Waals surface area contributed by atoms with Gasteiger partial charge in [0, 0.05) is 17.0 Å². The van der Waals surface area contributed by atoms with Gasteiger partial charge < -0.3 is 5.32 Å². The number of anilines is 1. The van der Waals surface area contributed by atoms with E-state index in [1.165, 1.54) is 30.4 Å². The molecular formula is C20H25NO. The predicted octanol–water partition coefficient (Wildman–Crippen LogP) is 4.98. The van der Waals surface area contributed by atoms with E-state index in [9.17, 15) is 4.79 Å². The monoisotopic (exact) mass is 295 g/mol. The van der Waals surface area contributed by atoms with E-state index in [0.717, 1.165) is 18.5 Å². The molecule has 0 saturated heterocycles. The molecule has 1 aromatic rings. The Bertz CT molecular complexity index is 622. The summed E-state index contributed by atoms with van der Waals surface area (Å²) in [6.45, 7) is 4.32. The van der Waals surface area contributed by atoms with Crippen LogP contribution in [0.15, 0.2) is 48.1 Å².